The Labute approximate surface area is 287 Å². The highest BCUT2D eigenvalue weighted by Gasteiger charge is 2.38. The van der Waals surface area contributed by atoms with E-state index in [9.17, 15) is 19.5 Å². The number of carbonyl (C=O) groups excluding carboxylic acids is 3. The number of aliphatic hydroxyl groups excluding tert-OH is 1. The first-order valence-corrected chi connectivity index (χ1v) is 17.0. The molecule has 0 radical (unpaired) electrons. The zero-order chi connectivity index (χ0) is 34.5. The van der Waals surface area contributed by atoms with Crippen LogP contribution in [-0.4, -0.2) is 60.7 Å². The number of hydrogen-bond acceptors (Lipinski definition) is 7. The minimum Gasteiger partial charge on any atom is -0.493 e. The highest BCUT2D eigenvalue weighted by molar-refractivity contribution is 6.31. The molecule has 2 amide bonds. The maximum atomic E-state index is 14.0. The lowest BCUT2D eigenvalue weighted by atomic mass is 9.80. The van der Waals surface area contributed by atoms with Crippen LogP contribution in [0.2, 0.25) is 0 Å². The molecule has 5 rings (SSSR count). The van der Waals surface area contributed by atoms with E-state index in [2.05, 4.69) is 0 Å². The number of hydrogen-bond donors (Lipinski definition) is 1. The number of rotatable bonds is 10. The highest BCUT2D eigenvalue weighted by Crippen LogP contribution is 2.45. The van der Waals surface area contributed by atoms with Crippen molar-refractivity contribution in [3.05, 3.63) is 88.5 Å². The van der Waals surface area contributed by atoms with Gasteiger partial charge in [0.1, 0.15) is 0 Å². The maximum Gasteiger partial charge on any atom is 0.303 e. The molecule has 1 fully saturated rings. The number of piperidine rings is 1. The molecule has 256 valence electrons. The van der Waals surface area contributed by atoms with Crippen LogP contribution >= 0.6 is 11.6 Å². The van der Waals surface area contributed by atoms with Crippen LogP contribution in [0.1, 0.15) is 69.4 Å². The number of ether oxygens (including phenoxy) is 3. The Bertz CT molecular complexity index is 1590. The number of benzene rings is 2. The third kappa shape index (κ3) is 7.96. The van der Waals surface area contributed by atoms with E-state index in [1.165, 1.54) is 6.92 Å². The SMILES string of the molecule is COc1cc2c(cc1OC(C)C)C(C1C=CC=C(Cl)C=C1)N(c1ccc(C(O)C(C)C3CCN(C(=O)COC(C)=O)CC3)cc1)C(=O)C2. The summed E-state index contributed by atoms with van der Waals surface area (Å²) in [6.45, 7) is 8.12. The number of fused-ring (bicyclic) bond motifs is 1. The average Bonchev–Trinajstić information content (AvgIpc) is 3.29. The molecule has 48 heavy (non-hydrogen) atoms. The number of likely N-dealkylation sites (tertiary alicyclic amines) is 1. The molecule has 0 bridgehead atoms. The maximum absolute atomic E-state index is 14.0. The van der Waals surface area contributed by atoms with Crippen molar-refractivity contribution in [2.75, 3.05) is 31.7 Å². The lowest BCUT2D eigenvalue weighted by Gasteiger charge is -2.40. The molecule has 1 N–H and O–H groups in total. The summed E-state index contributed by atoms with van der Waals surface area (Å²) < 4.78 is 16.6. The summed E-state index contributed by atoms with van der Waals surface area (Å²) in [5, 5.41) is 12.0. The Morgan fingerprint density at radius 3 is 2.40 bits per heavy atom. The largest absolute Gasteiger partial charge is 0.493 e. The van der Waals surface area contributed by atoms with Gasteiger partial charge in [-0.3, -0.25) is 14.4 Å². The molecule has 10 heteroatoms. The number of allylic oxidation sites excluding steroid dienone is 4. The Morgan fingerprint density at radius 1 is 1.04 bits per heavy atom. The van der Waals surface area contributed by atoms with Gasteiger partial charge in [-0.1, -0.05) is 48.9 Å². The second-order valence-corrected chi connectivity index (χ2v) is 13.5. The summed E-state index contributed by atoms with van der Waals surface area (Å²) in [6.07, 6.45) is 10.6. The van der Waals surface area contributed by atoms with Crippen LogP contribution in [0.3, 0.4) is 0 Å². The summed E-state index contributed by atoms with van der Waals surface area (Å²) in [4.78, 5) is 41.0. The van der Waals surface area contributed by atoms with Gasteiger partial charge in [-0.2, -0.15) is 0 Å². The van der Waals surface area contributed by atoms with Gasteiger partial charge in [-0.25, -0.2) is 0 Å². The van der Waals surface area contributed by atoms with Crippen molar-refractivity contribution in [3.8, 4) is 11.5 Å². The van der Waals surface area contributed by atoms with Crippen LogP contribution in [0.25, 0.3) is 0 Å². The van der Waals surface area contributed by atoms with Gasteiger partial charge in [-0.05, 0) is 91.6 Å². The van der Waals surface area contributed by atoms with Gasteiger partial charge in [0, 0.05) is 36.7 Å². The van der Waals surface area contributed by atoms with Crippen molar-refractivity contribution in [2.24, 2.45) is 17.8 Å². The summed E-state index contributed by atoms with van der Waals surface area (Å²) in [6, 6.07) is 11.1. The molecule has 0 saturated carbocycles. The van der Waals surface area contributed by atoms with E-state index in [1.54, 1.807) is 12.0 Å². The Kier molecular flexibility index (Phi) is 11.3. The molecular weight excluding hydrogens is 632 g/mol. The minimum atomic E-state index is -0.718. The fourth-order valence-corrected chi connectivity index (χ4v) is 7.06. The lowest BCUT2D eigenvalue weighted by Crippen LogP contribution is -2.43. The lowest BCUT2D eigenvalue weighted by molar-refractivity contribution is -0.151. The highest BCUT2D eigenvalue weighted by atomic mass is 35.5. The van der Waals surface area contributed by atoms with Crippen molar-refractivity contribution in [3.63, 3.8) is 0 Å². The summed E-state index contributed by atoms with van der Waals surface area (Å²) >= 11 is 6.35. The Morgan fingerprint density at radius 2 is 1.75 bits per heavy atom. The van der Waals surface area contributed by atoms with E-state index in [-0.39, 0.29) is 54.7 Å². The fourth-order valence-electron chi connectivity index (χ4n) is 6.91. The number of nitrogens with zero attached hydrogens (tertiary/aromatic N) is 2. The molecule has 3 aliphatic rings. The molecule has 1 aliphatic carbocycles. The number of aliphatic hydroxyl groups is 1. The molecule has 4 unspecified atom stereocenters. The number of amides is 2. The topological polar surface area (TPSA) is 106 Å². The minimum absolute atomic E-state index is 0.0474. The smallest absolute Gasteiger partial charge is 0.303 e. The van der Waals surface area contributed by atoms with E-state index in [4.69, 9.17) is 25.8 Å². The van der Waals surface area contributed by atoms with E-state index in [0.29, 0.717) is 29.6 Å². The Balaban J connectivity index is 1.38. The number of halogens is 1. The van der Waals surface area contributed by atoms with Gasteiger partial charge in [-0.15, -0.1) is 0 Å². The van der Waals surface area contributed by atoms with Gasteiger partial charge < -0.3 is 29.1 Å². The first-order valence-electron chi connectivity index (χ1n) is 16.6. The quantitative estimate of drug-likeness (QED) is 0.289. The third-order valence-corrected chi connectivity index (χ3v) is 9.72. The van der Waals surface area contributed by atoms with Crippen LogP contribution in [0.5, 0.6) is 11.5 Å². The summed E-state index contributed by atoms with van der Waals surface area (Å²) in [5.74, 6) is 0.476. The summed E-state index contributed by atoms with van der Waals surface area (Å²) in [5.41, 5.74) is 3.35. The van der Waals surface area contributed by atoms with Crippen LogP contribution in [0, 0.1) is 17.8 Å². The van der Waals surface area contributed by atoms with E-state index in [0.717, 1.165) is 35.2 Å². The zero-order valence-electron chi connectivity index (χ0n) is 28.2. The molecule has 0 aromatic heterocycles. The predicted octanol–water partition coefficient (Wildman–Crippen LogP) is 6.45. The van der Waals surface area contributed by atoms with Gasteiger partial charge in [0.2, 0.25) is 5.91 Å². The van der Waals surface area contributed by atoms with Crippen LogP contribution < -0.4 is 14.4 Å². The van der Waals surface area contributed by atoms with Crippen molar-refractivity contribution in [2.45, 2.75) is 65.2 Å². The zero-order valence-corrected chi connectivity index (χ0v) is 29.0. The summed E-state index contributed by atoms with van der Waals surface area (Å²) in [7, 11) is 1.60. The van der Waals surface area contributed by atoms with Crippen molar-refractivity contribution < 1.29 is 33.7 Å². The van der Waals surface area contributed by atoms with Gasteiger partial charge in [0.05, 0.1) is 31.8 Å². The molecule has 9 nitrogen and oxygen atoms in total. The van der Waals surface area contributed by atoms with E-state index in [1.807, 2.05) is 92.4 Å². The van der Waals surface area contributed by atoms with Crippen LogP contribution in [0.4, 0.5) is 5.69 Å². The first-order chi connectivity index (χ1) is 23.0. The van der Waals surface area contributed by atoms with Gasteiger partial charge in [0.15, 0.2) is 18.1 Å². The number of methoxy groups -OCH3 is 1. The van der Waals surface area contributed by atoms with Gasteiger partial charge >= 0.3 is 5.97 Å². The first kappa shape index (κ1) is 35.2. The standard InChI is InChI=1S/C38H45ClN2O7/c1-23(2)48-34-21-32-29(19-33(34)46-5)20-35(43)41(37(32)27-7-6-8-30(39)12-9-27)31-13-10-28(11-14-31)38(45)24(3)26-15-17-40(18-16-26)36(44)22-47-25(4)42/h6-14,19,21,23-24,26-27,37-38,45H,15-18,20,22H2,1-5H3. The fraction of sp³-hybridized carbons (Fsp3) is 0.447. The molecule has 2 aliphatic heterocycles. The van der Waals surface area contributed by atoms with Crippen LogP contribution in [-0.2, 0) is 25.5 Å². The number of anilines is 1. The second-order valence-electron chi connectivity index (χ2n) is 13.0. The number of carbonyl (C=O) groups is 3. The van der Waals surface area contributed by atoms with Crippen molar-refractivity contribution in [1.82, 2.24) is 4.90 Å². The Hall–Kier alpha value is -4.08. The van der Waals surface area contributed by atoms with Crippen LogP contribution in [0.15, 0.2) is 71.8 Å². The number of esters is 1. The van der Waals surface area contributed by atoms with E-state index >= 15 is 0 Å². The molecule has 2 aromatic rings. The molecule has 4 atom stereocenters. The molecule has 2 aromatic carbocycles. The van der Waals surface area contributed by atoms with E-state index < -0.39 is 12.1 Å². The van der Waals surface area contributed by atoms with Gasteiger partial charge in [0.25, 0.3) is 5.91 Å². The van der Waals surface area contributed by atoms with Crippen molar-refractivity contribution in [1.29, 1.82) is 0 Å². The molecular formula is C38H45ClN2O7. The molecule has 1 saturated heterocycles. The second kappa shape index (κ2) is 15.4. The predicted molar refractivity (Wildman–Crippen MR) is 185 cm³/mol. The monoisotopic (exact) mass is 676 g/mol. The molecule has 2 heterocycles. The third-order valence-electron chi connectivity index (χ3n) is 9.47. The normalized spacial score (nSPS) is 20.9. The average molecular weight is 677 g/mol. The van der Waals surface area contributed by atoms with Crippen molar-refractivity contribution >= 4 is 35.1 Å². The molecule has 0 spiro atoms.